The summed E-state index contributed by atoms with van der Waals surface area (Å²) in [4.78, 5) is 37.5. The van der Waals surface area contributed by atoms with Gasteiger partial charge in [-0.3, -0.25) is 14.5 Å². The maximum absolute atomic E-state index is 13.2. The summed E-state index contributed by atoms with van der Waals surface area (Å²) in [5, 5.41) is 20.7. The fourth-order valence-corrected chi connectivity index (χ4v) is 7.51. The SMILES string of the molecule is CC.CC(CCS(C)(=O)=O)C(=O)O.CC1CCCCC1.COCC1CCCN1Cc1ccc(C(=O)NC(CCSC)C(=O)O)c(-c2ccccc2C)c1. The van der Waals surface area contributed by atoms with Gasteiger partial charge in [0.2, 0.25) is 0 Å². The van der Waals surface area contributed by atoms with Crippen LogP contribution in [0.15, 0.2) is 42.5 Å². The first kappa shape index (κ1) is 48.1. The molecule has 1 aliphatic carbocycles. The fourth-order valence-electron chi connectivity index (χ4n) is 6.25. The predicted octanol–water partition coefficient (Wildman–Crippen LogP) is 7.96. The Bertz CT molecular complexity index is 1490. The van der Waals surface area contributed by atoms with Crippen molar-refractivity contribution in [3.05, 3.63) is 59.2 Å². The van der Waals surface area contributed by atoms with Crippen molar-refractivity contribution in [1.29, 1.82) is 0 Å². The van der Waals surface area contributed by atoms with E-state index in [0.29, 0.717) is 23.8 Å². The molecule has 3 N–H and O–H groups in total. The molecular formula is C41H66N2O8S2. The van der Waals surface area contributed by atoms with Gasteiger partial charge in [0.25, 0.3) is 5.91 Å². The first-order chi connectivity index (χ1) is 25.2. The second kappa shape index (κ2) is 26.0. The number of carbonyl (C=O) groups is 3. The van der Waals surface area contributed by atoms with E-state index in [2.05, 4.69) is 23.2 Å². The Morgan fingerprint density at radius 1 is 0.962 bits per heavy atom. The molecule has 0 bridgehead atoms. The lowest BCUT2D eigenvalue weighted by atomic mass is 9.91. The molecule has 2 aromatic carbocycles. The van der Waals surface area contributed by atoms with Crippen LogP contribution in [0, 0.1) is 18.8 Å². The van der Waals surface area contributed by atoms with Crippen LogP contribution < -0.4 is 5.32 Å². The number of thioether (sulfide) groups is 1. The summed E-state index contributed by atoms with van der Waals surface area (Å²) in [6, 6.07) is 13.4. The largest absolute Gasteiger partial charge is 0.481 e. The number of aliphatic carboxylic acids is 2. The van der Waals surface area contributed by atoms with Crippen molar-refractivity contribution in [3.8, 4) is 11.1 Å². The third-order valence-electron chi connectivity index (χ3n) is 9.46. The lowest BCUT2D eigenvalue weighted by molar-refractivity contribution is -0.141. The van der Waals surface area contributed by atoms with E-state index in [1.807, 2.05) is 63.4 Å². The maximum atomic E-state index is 13.2. The average Bonchev–Trinajstić information content (AvgIpc) is 3.56. The summed E-state index contributed by atoms with van der Waals surface area (Å²) < 4.78 is 26.5. The summed E-state index contributed by atoms with van der Waals surface area (Å²) in [6.07, 6.45) is 13.3. The van der Waals surface area contributed by atoms with Crippen molar-refractivity contribution >= 4 is 39.4 Å². The zero-order valence-corrected chi connectivity index (χ0v) is 35.0. The fraction of sp³-hybridized carbons (Fsp3) is 0.634. The number of aryl methyl sites for hydroxylation is 1. The van der Waals surface area contributed by atoms with Crippen molar-refractivity contribution in [3.63, 3.8) is 0 Å². The smallest absolute Gasteiger partial charge is 0.326 e. The molecule has 1 heterocycles. The van der Waals surface area contributed by atoms with Crippen LogP contribution in [-0.2, 0) is 30.7 Å². The Labute approximate surface area is 323 Å². The van der Waals surface area contributed by atoms with Crippen molar-refractivity contribution in [2.45, 2.75) is 111 Å². The Balaban J connectivity index is 0.000000572. The minimum Gasteiger partial charge on any atom is -0.481 e. The highest BCUT2D eigenvalue weighted by Gasteiger charge is 2.26. The molecule has 2 fully saturated rings. The number of ether oxygens (including phenoxy) is 1. The predicted molar refractivity (Wildman–Crippen MR) is 219 cm³/mol. The molecule has 1 amide bonds. The first-order valence-corrected chi connectivity index (χ1v) is 22.5. The summed E-state index contributed by atoms with van der Waals surface area (Å²) in [5.41, 5.74) is 4.51. The summed E-state index contributed by atoms with van der Waals surface area (Å²) in [5.74, 6) is -1.25. The van der Waals surface area contributed by atoms with E-state index in [-0.39, 0.29) is 18.1 Å². The van der Waals surface area contributed by atoms with Crippen molar-refractivity contribution in [2.75, 3.05) is 44.3 Å². The number of benzene rings is 2. The van der Waals surface area contributed by atoms with Gasteiger partial charge in [-0.2, -0.15) is 11.8 Å². The number of rotatable bonds is 15. The van der Waals surface area contributed by atoms with Gasteiger partial charge >= 0.3 is 11.9 Å². The van der Waals surface area contributed by atoms with Crippen LogP contribution in [0.25, 0.3) is 11.1 Å². The summed E-state index contributed by atoms with van der Waals surface area (Å²) in [7, 11) is -1.28. The van der Waals surface area contributed by atoms with Gasteiger partial charge in [0.15, 0.2) is 0 Å². The number of likely N-dealkylation sites (tertiary alicyclic amines) is 1. The third kappa shape index (κ3) is 18.8. The Morgan fingerprint density at radius 3 is 2.15 bits per heavy atom. The van der Waals surface area contributed by atoms with E-state index in [1.54, 1.807) is 18.9 Å². The number of carbonyl (C=O) groups excluding carboxylic acids is 1. The van der Waals surface area contributed by atoms with Gasteiger partial charge in [-0.1, -0.05) is 90.1 Å². The lowest BCUT2D eigenvalue weighted by Crippen LogP contribution is -2.41. The lowest BCUT2D eigenvalue weighted by Gasteiger charge is -2.24. The van der Waals surface area contributed by atoms with Gasteiger partial charge < -0.3 is 20.3 Å². The number of carboxylic acid groups (broad SMARTS) is 2. The van der Waals surface area contributed by atoms with Crippen LogP contribution in [0.2, 0.25) is 0 Å². The summed E-state index contributed by atoms with van der Waals surface area (Å²) in [6.45, 7) is 12.4. The second-order valence-electron chi connectivity index (χ2n) is 14.0. The zero-order valence-electron chi connectivity index (χ0n) is 33.4. The molecule has 2 aliphatic rings. The zero-order chi connectivity index (χ0) is 40.0. The first-order valence-electron chi connectivity index (χ1n) is 19.0. The third-order valence-corrected chi connectivity index (χ3v) is 11.1. The Kier molecular flexibility index (Phi) is 23.6. The van der Waals surface area contributed by atoms with Crippen LogP contribution in [0.3, 0.4) is 0 Å². The van der Waals surface area contributed by atoms with E-state index in [0.717, 1.165) is 67.0 Å². The molecule has 2 aromatic rings. The number of carboxylic acids is 2. The van der Waals surface area contributed by atoms with Crippen molar-refractivity contribution in [1.82, 2.24) is 10.2 Å². The average molecular weight is 779 g/mol. The van der Waals surface area contributed by atoms with Gasteiger partial charge in [0.05, 0.1) is 18.3 Å². The molecule has 1 saturated carbocycles. The molecule has 4 rings (SSSR count). The molecule has 53 heavy (non-hydrogen) atoms. The van der Waals surface area contributed by atoms with Crippen LogP contribution in [-0.4, -0.2) is 97.7 Å². The number of methoxy groups -OCH3 is 1. The quantitative estimate of drug-likeness (QED) is 0.163. The maximum Gasteiger partial charge on any atom is 0.326 e. The molecule has 3 unspecified atom stereocenters. The van der Waals surface area contributed by atoms with Crippen LogP contribution in [0.4, 0.5) is 0 Å². The highest BCUT2D eigenvalue weighted by Crippen LogP contribution is 2.30. The Morgan fingerprint density at radius 2 is 1.62 bits per heavy atom. The number of sulfone groups is 1. The molecule has 1 saturated heterocycles. The molecule has 1 aliphatic heterocycles. The molecule has 0 aromatic heterocycles. The van der Waals surface area contributed by atoms with Crippen LogP contribution >= 0.6 is 11.8 Å². The summed E-state index contributed by atoms with van der Waals surface area (Å²) >= 11 is 1.56. The van der Waals surface area contributed by atoms with Crippen LogP contribution in [0.5, 0.6) is 0 Å². The number of nitrogens with zero attached hydrogens (tertiary/aromatic N) is 1. The number of hydrogen-bond acceptors (Lipinski definition) is 8. The van der Waals surface area contributed by atoms with Gasteiger partial charge in [0, 0.05) is 31.5 Å². The standard InChI is InChI=1S/C26H34N2O4S.C7H14.C6H12O4S.C2H6/c1-18-7-4-5-9-21(18)23-15-19(16-28-13-6-8-20(28)17-32-2)10-11-22(23)25(29)27-24(26(30)31)12-14-33-3;1-7-5-3-2-4-6-7;1-5(6(7)8)3-4-11(2,9)10;1-2/h4-5,7,9-11,15,20,24H,6,8,12-14,16-17H2,1-3H3,(H,27,29)(H,30,31);7H,2-6H2,1H3;5H,3-4H2,1-2H3,(H,7,8);1-2H3. The molecule has 0 spiro atoms. The number of nitrogens with one attached hydrogen (secondary N) is 1. The van der Waals surface area contributed by atoms with Crippen molar-refractivity contribution < 1.29 is 37.8 Å². The van der Waals surface area contributed by atoms with E-state index >= 15 is 0 Å². The van der Waals surface area contributed by atoms with Crippen LogP contribution in [0.1, 0.15) is 107 Å². The van der Waals surface area contributed by atoms with Gasteiger partial charge in [0.1, 0.15) is 15.9 Å². The normalized spacial score (nSPS) is 17.1. The molecular weight excluding hydrogens is 713 g/mol. The van der Waals surface area contributed by atoms with Crippen molar-refractivity contribution in [2.24, 2.45) is 11.8 Å². The van der Waals surface area contributed by atoms with E-state index < -0.39 is 33.7 Å². The van der Waals surface area contributed by atoms with Gasteiger partial charge in [-0.25, -0.2) is 13.2 Å². The van der Waals surface area contributed by atoms with E-state index in [4.69, 9.17) is 9.84 Å². The highest BCUT2D eigenvalue weighted by molar-refractivity contribution is 7.98. The number of amides is 1. The molecule has 300 valence electrons. The molecule has 12 heteroatoms. The minimum absolute atomic E-state index is 0.0551. The minimum atomic E-state index is -3.02. The topological polar surface area (TPSA) is 150 Å². The molecule has 0 radical (unpaired) electrons. The second-order valence-corrected chi connectivity index (χ2v) is 17.2. The van der Waals surface area contributed by atoms with E-state index in [9.17, 15) is 27.9 Å². The molecule has 10 nitrogen and oxygen atoms in total. The highest BCUT2D eigenvalue weighted by atomic mass is 32.2. The molecule has 3 atom stereocenters. The monoisotopic (exact) mass is 778 g/mol. The Hall–Kier alpha value is -2.93. The van der Waals surface area contributed by atoms with Gasteiger partial charge in [-0.15, -0.1) is 0 Å². The van der Waals surface area contributed by atoms with Gasteiger partial charge in [-0.05, 0) is 91.5 Å². The number of hydrogen-bond donors (Lipinski definition) is 3. The van der Waals surface area contributed by atoms with E-state index in [1.165, 1.54) is 39.0 Å².